The van der Waals surface area contributed by atoms with E-state index < -0.39 is 0 Å². The van der Waals surface area contributed by atoms with Gasteiger partial charge in [0, 0.05) is 6.54 Å². The highest BCUT2D eigenvalue weighted by Gasteiger charge is 2.07. The van der Waals surface area contributed by atoms with Gasteiger partial charge in [-0.25, -0.2) is 9.97 Å². The Morgan fingerprint density at radius 3 is 2.78 bits per heavy atom. The van der Waals surface area contributed by atoms with Crippen LogP contribution < -0.4 is 5.32 Å². The molecule has 0 saturated heterocycles. The summed E-state index contributed by atoms with van der Waals surface area (Å²) in [7, 11) is 0. The Balaban J connectivity index is 1.88. The monoisotopic (exact) mass is 275 g/mol. The quantitative estimate of drug-likeness (QED) is 0.735. The molecular weight excluding hydrogens is 266 g/mol. The summed E-state index contributed by atoms with van der Waals surface area (Å²) >= 11 is 7.47. The maximum Gasteiger partial charge on any atom is 0.225 e. The van der Waals surface area contributed by atoms with E-state index in [4.69, 9.17) is 11.6 Å². The highest BCUT2D eigenvalue weighted by atomic mass is 35.5. The lowest BCUT2D eigenvalue weighted by atomic mass is 10.2. The van der Waals surface area contributed by atoms with Crippen LogP contribution in [0.1, 0.15) is 5.56 Å². The van der Waals surface area contributed by atoms with E-state index in [0.717, 1.165) is 22.6 Å². The molecule has 0 unspecified atom stereocenters. The van der Waals surface area contributed by atoms with E-state index in [-0.39, 0.29) is 5.28 Å². The number of thiophene rings is 1. The molecule has 3 rings (SSSR count). The van der Waals surface area contributed by atoms with Gasteiger partial charge in [-0.05, 0) is 28.6 Å². The van der Waals surface area contributed by atoms with Crippen molar-refractivity contribution in [2.45, 2.75) is 6.54 Å². The van der Waals surface area contributed by atoms with Gasteiger partial charge in [-0.2, -0.15) is 0 Å². The molecule has 18 heavy (non-hydrogen) atoms. The third-order valence-electron chi connectivity index (χ3n) is 2.60. The SMILES string of the molecule is Clc1nc(NCc2ccccc2)c2ccsc2n1. The van der Waals surface area contributed by atoms with Crippen LogP contribution in [0.3, 0.4) is 0 Å². The molecule has 2 heterocycles. The molecule has 0 radical (unpaired) electrons. The van der Waals surface area contributed by atoms with Gasteiger partial charge in [0.25, 0.3) is 0 Å². The molecule has 0 spiro atoms. The lowest BCUT2D eigenvalue weighted by molar-refractivity contribution is 1.11. The zero-order valence-corrected chi connectivity index (χ0v) is 11.0. The summed E-state index contributed by atoms with van der Waals surface area (Å²) in [6, 6.07) is 12.2. The minimum atomic E-state index is 0.278. The minimum absolute atomic E-state index is 0.278. The number of aromatic nitrogens is 2. The molecule has 5 heteroatoms. The molecule has 1 N–H and O–H groups in total. The van der Waals surface area contributed by atoms with Crippen LogP contribution in [0.5, 0.6) is 0 Å². The van der Waals surface area contributed by atoms with E-state index in [1.165, 1.54) is 5.56 Å². The number of nitrogens with one attached hydrogen (secondary N) is 1. The number of hydrogen-bond acceptors (Lipinski definition) is 4. The summed E-state index contributed by atoms with van der Waals surface area (Å²) in [5.74, 6) is 0.787. The molecule has 0 aliphatic rings. The highest BCUT2D eigenvalue weighted by molar-refractivity contribution is 7.16. The normalized spacial score (nSPS) is 10.7. The average molecular weight is 276 g/mol. The summed E-state index contributed by atoms with van der Waals surface area (Å²) in [4.78, 5) is 9.33. The highest BCUT2D eigenvalue weighted by Crippen LogP contribution is 2.26. The Morgan fingerprint density at radius 2 is 1.94 bits per heavy atom. The zero-order chi connectivity index (χ0) is 12.4. The first-order chi connectivity index (χ1) is 8.83. The second kappa shape index (κ2) is 4.92. The standard InChI is InChI=1S/C13H10ClN3S/c14-13-16-11(10-6-7-18-12(10)17-13)15-8-9-4-2-1-3-5-9/h1-7H,8H2,(H,15,16,17). The molecule has 3 aromatic rings. The summed E-state index contributed by atoms with van der Waals surface area (Å²) in [6.45, 7) is 0.721. The first-order valence-electron chi connectivity index (χ1n) is 5.51. The Hall–Kier alpha value is -1.65. The van der Waals surface area contributed by atoms with Crippen molar-refractivity contribution in [2.75, 3.05) is 5.32 Å². The summed E-state index contributed by atoms with van der Waals surface area (Å²) < 4.78 is 0. The van der Waals surface area contributed by atoms with Crippen molar-refractivity contribution in [2.24, 2.45) is 0 Å². The zero-order valence-electron chi connectivity index (χ0n) is 9.43. The largest absolute Gasteiger partial charge is 0.365 e. The van der Waals surface area contributed by atoms with Gasteiger partial charge in [-0.15, -0.1) is 11.3 Å². The molecule has 3 nitrogen and oxygen atoms in total. The lowest BCUT2D eigenvalue weighted by Gasteiger charge is -2.06. The lowest BCUT2D eigenvalue weighted by Crippen LogP contribution is -2.02. The van der Waals surface area contributed by atoms with Crippen molar-refractivity contribution in [1.82, 2.24) is 9.97 Å². The molecule has 0 aliphatic carbocycles. The Morgan fingerprint density at radius 1 is 1.11 bits per heavy atom. The molecule has 0 bridgehead atoms. The second-order valence-electron chi connectivity index (χ2n) is 3.82. The first kappa shape index (κ1) is 11.4. The second-order valence-corrected chi connectivity index (χ2v) is 5.05. The fourth-order valence-electron chi connectivity index (χ4n) is 1.75. The first-order valence-corrected chi connectivity index (χ1v) is 6.77. The third kappa shape index (κ3) is 2.30. The predicted molar refractivity (Wildman–Crippen MR) is 76.2 cm³/mol. The van der Waals surface area contributed by atoms with Crippen molar-refractivity contribution in [1.29, 1.82) is 0 Å². The van der Waals surface area contributed by atoms with Crippen LogP contribution >= 0.6 is 22.9 Å². The maximum absolute atomic E-state index is 5.91. The van der Waals surface area contributed by atoms with Crippen molar-refractivity contribution in [3.8, 4) is 0 Å². The molecule has 0 aliphatic heterocycles. The number of halogens is 1. The molecule has 0 saturated carbocycles. The Labute approximate surface area is 113 Å². The molecule has 90 valence electrons. The van der Waals surface area contributed by atoms with Gasteiger partial charge < -0.3 is 5.32 Å². The van der Waals surface area contributed by atoms with Gasteiger partial charge in [0.15, 0.2) is 0 Å². The van der Waals surface area contributed by atoms with E-state index >= 15 is 0 Å². The van der Waals surface area contributed by atoms with Gasteiger partial charge in [-0.1, -0.05) is 30.3 Å². The van der Waals surface area contributed by atoms with Crippen LogP contribution in [0.4, 0.5) is 5.82 Å². The number of anilines is 1. The molecule has 2 aromatic heterocycles. The van der Waals surface area contributed by atoms with Crippen molar-refractivity contribution in [3.63, 3.8) is 0 Å². The number of rotatable bonds is 3. The van der Waals surface area contributed by atoms with E-state index in [2.05, 4.69) is 27.4 Å². The van der Waals surface area contributed by atoms with Crippen LogP contribution in [-0.2, 0) is 6.54 Å². The van der Waals surface area contributed by atoms with Gasteiger partial charge in [0.2, 0.25) is 5.28 Å². The summed E-state index contributed by atoms with van der Waals surface area (Å²) in [5, 5.41) is 6.58. The molecule has 1 aromatic carbocycles. The van der Waals surface area contributed by atoms with Gasteiger partial charge in [0.05, 0.1) is 5.39 Å². The van der Waals surface area contributed by atoms with E-state index in [0.29, 0.717) is 0 Å². The number of hydrogen-bond donors (Lipinski definition) is 1. The van der Waals surface area contributed by atoms with E-state index in [1.54, 1.807) is 11.3 Å². The predicted octanol–water partition coefficient (Wildman–Crippen LogP) is 3.96. The van der Waals surface area contributed by atoms with Crippen LogP contribution in [-0.4, -0.2) is 9.97 Å². The van der Waals surface area contributed by atoms with Gasteiger partial charge in [0.1, 0.15) is 10.6 Å². The van der Waals surface area contributed by atoms with Crippen molar-refractivity contribution < 1.29 is 0 Å². The van der Waals surface area contributed by atoms with Gasteiger partial charge in [-0.3, -0.25) is 0 Å². The third-order valence-corrected chi connectivity index (χ3v) is 3.58. The van der Waals surface area contributed by atoms with Crippen molar-refractivity contribution in [3.05, 3.63) is 52.6 Å². The number of benzene rings is 1. The van der Waals surface area contributed by atoms with Crippen LogP contribution in [0.2, 0.25) is 5.28 Å². The number of fused-ring (bicyclic) bond motifs is 1. The summed E-state index contributed by atoms with van der Waals surface area (Å²) in [5.41, 5.74) is 1.20. The molecule has 0 fully saturated rings. The van der Waals surface area contributed by atoms with Crippen molar-refractivity contribution >= 4 is 39.0 Å². The molecule has 0 amide bonds. The fourth-order valence-corrected chi connectivity index (χ4v) is 2.73. The Bertz CT molecular complexity index is 666. The maximum atomic E-state index is 5.91. The van der Waals surface area contributed by atoms with Crippen LogP contribution in [0, 0.1) is 0 Å². The molecular formula is C13H10ClN3S. The smallest absolute Gasteiger partial charge is 0.225 e. The van der Waals surface area contributed by atoms with E-state index in [1.807, 2.05) is 29.6 Å². The summed E-state index contributed by atoms with van der Waals surface area (Å²) in [6.07, 6.45) is 0. The van der Waals surface area contributed by atoms with Gasteiger partial charge >= 0.3 is 0 Å². The van der Waals surface area contributed by atoms with Crippen LogP contribution in [0.25, 0.3) is 10.2 Å². The fraction of sp³-hybridized carbons (Fsp3) is 0.0769. The van der Waals surface area contributed by atoms with Crippen LogP contribution in [0.15, 0.2) is 41.8 Å². The average Bonchev–Trinajstić information content (AvgIpc) is 2.85. The molecule has 0 atom stereocenters. The Kier molecular flexibility index (Phi) is 3.13. The minimum Gasteiger partial charge on any atom is -0.365 e. The van der Waals surface area contributed by atoms with E-state index in [9.17, 15) is 0 Å². The topological polar surface area (TPSA) is 37.8 Å². The number of nitrogens with zero attached hydrogens (tertiary/aromatic N) is 2.